The molecule has 0 bridgehead atoms. The van der Waals surface area contributed by atoms with Crippen molar-refractivity contribution in [2.45, 2.75) is 59.5 Å². The number of methoxy groups -OCH3 is 1. The molecule has 7 nitrogen and oxygen atoms in total. The first-order valence-corrected chi connectivity index (χ1v) is 15.7. The number of guanidine groups is 1. The number of nitrogens with zero attached hydrogens (tertiary/aromatic N) is 3. The van der Waals surface area contributed by atoms with Crippen molar-refractivity contribution in [3.05, 3.63) is 58.9 Å². The highest BCUT2D eigenvalue weighted by Crippen LogP contribution is 2.68. The van der Waals surface area contributed by atoms with Gasteiger partial charge in [-0.1, -0.05) is 33.8 Å². The molecule has 2 aliphatic carbocycles. The van der Waals surface area contributed by atoms with Gasteiger partial charge in [0.25, 0.3) is 5.91 Å². The molecule has 4 aliphatic rings. The van der Waals surface area contributed by atoms with Gasteiger partial charge in [0.1, 0.15) is 11.6 Å². The molecule has 8 heteroatoms. The van der Waals surface area contributed by atoms with Crippen molar-refractivity contribution >= 4 is 17.6 Å². The highest BCUT2D eigenvalue weighted by atomic mass is 19.1. The van der Waals surface area contributed by atoms with Crippen LogP contribution in [-0.4, -0.2) is 73.6 Å². The van der Waals surface area contributed by atoms with Crippen molar-refractivity contribution in [2.24, 2.45) is 34.1 Å². The summed E-state index contributed by atoms with van der Waals surface area (Å²) in [4.78, 5) is 23.0. The molecule has 0 spiro atoms. The van der Waals surface area contributed by atoms with Gasteiger partial charge in [0.2, 0.25) is 0 Å². The van der Waals surface area contributed by atoms with E-state index in [0.717, 1.165) is 54.7 Å². The lowest BCUT2D eigenvalue weighted by Crippen LogP contribution is -2.69. The average Bonchev–Trinajstić information content (AvgIpc) is 2.97. The van der Waals surface area contributed by atoms with E-state index in [-0.39, 0.29) is 11.7 Å². The molecule has 0 aromatic heterocycles. The van der Waals surface area contributed by atoms with E-state index in [1.807, 2.05) is 17.0 Å². The quantitative estimate of drug-likeness (QED) is 0.372. The molecule has 2 heterocycles. The molecule has 6 rings (SSSR count). The number of carbonyl (C=O) groups excluding carboxylic acids is 1. The predicted molar refractivity (Wildman–Crippen MR) is 166 cm³/mol. The third-order valence-electron chi connectivity index (χ3n) is 10.9. The van der Waals surface area contributed by atoms with Gasteiger partial charge in [-0.05, 0) is 84.2 Å². The van der Waals surface area contributed by atoms with Crippen LogP contribution in [0.2, 0.25) is 0 Å². The van der Waals surface area contributed by atoms with Crippen LogP contribution in [0.3, 0.4) is 0 Å². The number of piperazine rings is 1. The van der Waals surface area contributed by atoms with E-state index in [1.54, 1.807) is 12.1 Å². The Morgan fingerprint density at radius 3 is 2.71 bits per heavy atom. The smallest absolute Gasteiger partial charge is 0.254 e. The number of ether oxygens (including phenoxy) is 1. The maximum Gasteiger partial charge on any atom is 0.254 e. The molecule has 2 saturated carbocycles. The molecule has 0 radical (unpaired) electrons. The number of hydrogen-bond acceptors (Lipinski definition) is 4. The summed E-state index contributed by atoms with van der Waals surface area (Å²) in [6, 6.07) is 11.7. The van der Waals surface area contributed by atoms with Gasteiger partial charge in [-0.2, -0.15) is 0 Å². The summed E-state index contributed by atoms with van der Waals surface area (Å²) >= 11 is 0. The molecule has 2 aliphatic heterocycles. The van der Waals surface area contributed by atoms with Crippen molar-refractivity contribution in [3.63, 3.8) is 0 Å². The molecule has 1 unspecified atom stereocenters. The van der Waals surface area contributed by atoms with Crippen LogP contribution < -0.4 is 15.4 Å². The van der Waals surface area contributed by atoms with Gasteiger partial charge in [0.05, 0.1) is 13.2 Å². The van der Waals surface area contributed by atoms with E-state index in [4.69, 9.17) is 9.73 Å². The number of nitrogens with one attached hydrogen (secondary N) is 2. The average molecular weight is 576 g/mol. The molecule has 2 N–H and O–H groups in total. The zero-order chi connectivity index (χ0) is 29.8. The van der Waals surface area contributed by atoms with E-state index < -0.39 is 0 Å². The Labute approximate surface area is 249 Å². The molecule has 226 valence electrons. The third-order valence-corrected chi connectivity index (χ3v) is 10.9. The zero-order valence-corrected chi connectivity index (χ0v) is 25.9. The molecular weight excluding hydrogens is 529 g/mol. The largest absolute Gasteiger partial charge is 0.497 e. The fraction of sp³-hybridized carbons (Fsp3) is 0.588. The lowest BCUT2D eigenvalue weighted by atomic mass is 9.35. The van der Waals surface area contributed by atoms with Gasteiger partial charge < -0.3 is 25.2 Å². The van der Waals surface area contributed by atoms with Crippen molar-refractivity contribution in [3.8, 4) is 5.75 Å². The number of benzene rings is 2. The second-order valence-electron chi connectivity index (χ2n) is 13.6. The summed E-state index contributed by atoms with van der Waals surface area (Å²) in [6.07, 6.45) is 1.24. The second-order valence-corrected chi connectivity index (χ2v) is 13.6. The summed E-state index contributed by atoms with van der Waals surface area (Å²) in [5.74, 6) is 3.84. The van der Waals surface area contributed by atoms with Gasteiger partial charge in [-0.15, -0.1) is 0 Å². The maximum absolute atomic E-state index is 14.4. The standard InChI is InChI=1S/C34H46FN5O2/c1-20-19-40(16-13-36-20)33(38-31-21(2)30-29(31)22(3)34(30,4)5)37-25-8-10-27-24(17-25)12-15-39(32(27)41)14-11-23-7-9-26(42-6)18-28(23)35/h7-10,17-18,20-22,29-31,36H,11-16,19H2,1-6H3,(H,37,38)/t20-,21-,22+,29?,30+,31+/m0/s1. The highest BCUT2D eigenvalue weighted by molar-refractivity contribution is 5.99. The molecule has 1 amide bonds. The molecule has 1 saturated heterocycles. The van der Waals surface area contributed by atoms with E-state index in [9.17, 15) is 9.18 Å². The van der Waals surface area contributed by atoms with Crippen LogP contribution in [0.5, 0.6) is 5.75 Å². The summed E-state index contributed by atoms with van der Waals surface area (Å²) in [6.45, 7) is 15.7. The first kappa shape index (κ1) is 29.0. The number of amides is 1. The highest BCUT2D eigenvalue weighted by Gasteiger charge is 2.67. The van der Waals surface area contributed by atoms with Crippen molar-refractivity contribution < 1.29 is 13.9 Å². The topological polar surface area (TPSA) is 69.2 Å². The minimum Gasteiger partial charge on any atom is -0.497 e. The molecule has 2 aromatic carbocycles. The maximum atomic E-state index is 14.4. The molecular formula is C34H46FN5O2. The van der Waals surface area contributed by atoms with E-state index in [2.05, 4.69) is 56.2 Å². The number of anilines is 1. The predicted octanol–water partition coefficient (Wildman–Crippen LogP) is 5.06. The third kappa shape index (κ3) is 5.06. The van der Waals surface area contributed by atoms with Crippen LogP contribution in [0, 0.1) is 34.9 Å². The lowest BCUT2D eigenvalue weighted by Gasteiger charge is -2.70. The van der Waals surface area contributed by atoms with Gasteiger partial charge in [0, 0.05) is 56.1 Å². The number of hydrogen-bond donors (Lipinski definition) is 2. The summed E-state index contributed by atoms with van der Waals surface area (Å²) in [7, 11) is 1.53. The Bertz CT molecular complexity index is 1380. The molecule has 42 heavy (non-hydrogen) atoms. The number of aliphatic imine (C=N–C) groups is 1. The Morgan fingerprint density at radius 2 is 1.98 bits per heavy atom. The monoisotopic (exact) mass is 575 g/mol. The normalized spacial score (nSPS) is 30.2. The minimum atomic E-state index is -0.298. The number of fused-ring (bicyclic) bond motifs is 2. The Morgan fingerprint density at radius 1 is 1.17 bits per heavy atom. The Kier molecular flexibility index (Phi) is 7.71. The fourth-order valence-electron chi connectivity index (χ4n) is 8.17. The first-order chi connectivity index (χ1) is 20.1. The van der Waals surface area contributed by atoms with Crippen LogP contribution in [0.15, 0.2) is 41.4 Å². The fourth-order valence-corrected chi connectivity index (χ4v) is 8.17. The number of carbonyl (C=O) groups is 1. The van der Waals surface area contributed by atoms with Crippen LogP contribution in [0.1, 0.15) is 56.1 Å². The summed E-state index contributed by atoms with van der Waals surface area (Å²) in [5, 5.41) is 7.25. The van der Waals surface area contributed by atoms with E-state index in [1.165, 1.54) is 13.2 Å². The second kappa shape index (κ2) is 11.2. The molecule has 6 atom stereocenters. The Hall–Kier alpha value is -3.13. The van der Waals surface area contributed by atoms with E-state index >= 15 is 0 Å². The van der Waals surface area contributed by atoms with Gasteiger partial charge in [-0.25, -0.2) is 9.38 Å². The van der Waals surface area contributed by atoms with Gasteiger partial charge >= 0.3 is 0 Å². The summed E-state index contributed by atoms with van der Waals surface area (Å²) in [5.41, 5.74) is 3.75. The van der Waals surface area contributed by atoms with Gasteiger partial charge in [-0.3, -0.25) is 4.79 Å². The SMILES string of the molecule is COc1ccc(CCN2CCc3cc(NC(=N[C@H]4C5[C@@H](C)C(C)(C)[C@@H]5[C@@H]4C)N4CCN[C@@H](C)C4)ccc3C2=O)c(F)c1. The van der Waals surface area contributed by atoms with E-state index in [0.29, 0.717) is 66.1 Å². The minimum absolute atomic E-state index is 0.0115. The van der Waals surface area contributed by atoms with Crippen LogP contribution in [-0.2, 0) is 12.8 Å². The number of rotatable bonds is 6. The first-order valence-electron chi connectivity index (χ1n) is 15.7. The summed E-state index contributed by atoms with van der Waals surface area (Å²) < 4.78 is 19.6. The molecule has 2 aromatic rings. The number of halogens is 1. The van der Waals surface area contributed by atoms with Crippen LogP contribution in [0.25, 0.3) is 0 Å². The van der Waals surface area contributed by atoms with Crippen molar-refractivity contribution in [1.82, 2.24) is 15.1 Å². The van der Waals surface area contributed by atoms with Crippen molar-refractivity contribution in [1.29, 1.82) is 0 Å². The molecule has 3 fully saturated rings. The van der Waals surface area contributed by atoms with Crippen LogP contribution in [0.4, 0.5) is 10.1 Å². The van der Waals surface area contributed by atoms with Gasteiger partial charge in [0.15, 0.2) is 5.96 Å². The zero-order valence-electron chi connectivity index (χ0n) is 25.9. The Balaban J connectivity index is 1.17. The lowest BCUT2D eigenvalue weighted by molar-refractivity contribution is -0.208. The van der Waals surface area contributed by atoms with Crippen molar-refractivity contribution in [2.75, 3.05) is 45.2 Å². The van der Waals surface area contributed by atoms with Crippen LogP contribution >= 0.6 is 0 Å².